The van der Waals surface area contributed by atoms with Gasteiger partial charge >= 0.3 is 0 Å². The molecule has 0 aromatic carbocycles. The van der Waals surface area contributed by atoms with Gasteiger partial charge < -0.3 is 11.1 Å². The Bertz CT molecular complexity index is 510. The number of primary amides is 1. The van der Waals surface area contributed by atoms with Gasteiger partial charge in [-0.2, -0.15) is 5.10 Å². The van der Waals surface area contributed by atoms with E-state index in [0.717, 1.165) is 0 Å². The number of rotatable bonds is 5. The molecule has 0 unspecified atom stereocenters. The van der Waals surface area contributed by atoms with Crippen LogP contribution in [0.3, 0.4) is 0 Å². The van der Waals surface area contributed by atoms with Crippen LogP contribution in [0.5, 0.6) is 0 Å². The summed E-state index contributed by atoms with van der Waals surface area (Å²) in [7, 11) is 0. The topological polar surface area (TPSA) is 90.0 Å². The molecule has 1 aromatic rings. The van der Waals surface area contributed by atoms with E-state index in [1.807, 2.05) is 6.92 Å². The van der Waals surface area contributed by atoms with Crippen molar-refractivity contribution in [1.82, 2.24) is 9.78 Å². The number of nitrogens with one attached hydrogen (secondary N) is 1. The predicted octanol–water partition coefficient (Wildman–Crippen LogP) is 0.949. The van der Waals surface area contributed by atoms with Gasteiger partial charge in [-0.1, -0.05) is 0 Å². The van der Waals surface area contributed by atoms with Gasteiger partial charge in [-0.3, -0.25) is 9.59 Å². The number of aromatic nitrogens is 2. The predicted molar refractivity (Wildman–Crippen MR) is 73.3 cm³/mol. The van der Waals surface area contributed by atoms with Crippen LogP contribution in [-0.2, 0) is 11.3 Å². The summed E-state index contributed by atoms with van der Waals surface area (Å²) < 4.78 is 1.74. The lowest BCUT2D eigenvalue weighted by Crippen LogP contribution is -2.37. The van der Waals surface area contributed by atoms with Gasteiger partial charge in [-0.25, -0.2) is 4.68 Å². The first-order valence-electron chi connectivity index (χ1n) is 5.59. The summed E-state index contributed by atoms with van der Waals surface area (Å²) in [5.41, 5.74) is 4.93. The van der Waals surface area contributed by atoms with E-state index in [4.69, 9.17) is 5.73 Å². The minimum Gasteiger partial charge on any atom is -0.382 e. The minimum atomic E-state index is -0.695. The maximum atomic E-state index is 11.8. The first-order valence-corrected chi connectivity index (χ1v) is 6.38. The van der Waals surface area contributed by atoms with E-state index in [-0.39, 0.29) is 5.56 Å². The van der Waals surface area contributed by atoms with Crippen LogP contribution >= 0.6 is 15.9 Å². The smallest absolute Gasteiger partial charge is 0.283 e. The summed E-state index contributed by atoms with van der Waals surface area (Å²) >= 11 is 3.22. The van der Waals surface area contributed by atoms with Crippen molar-refractivity contribution < 1.29 is 4.79 Å². The third-order valence-electron chi connectivity index (χ3n) is 2.67. The molecular formula is C11H17BrN4O2. The van der Waals surface area contributed by atoms with Crippen LogP contribution in [0.25, 0.3) is 0 Å². The van der Waals surface area contributed by atoms with Crippen molar-refractivity contribution in [2.24, 2.45) is 11.1 Å². The highest BCUT2D eigenvalue weighted by molar-refractivity contribution is 9.10. The summed E-state index contributed by atoms with van der Waals surface area (Å²) in [5, 5.41) is 7.00. The second-order valence-electron chi connectivity index (χ2n) is 4.59. The molecule has 0 spiro atoms. The summed E-state index contributed by atoms with van der Waals surface area (Å²) in [6, 6.07) is 0. The van der Waals surface area contributed by atoms with Gasteiger partial charge in [-0.15, -0.1) is 0 Å². The van der Waals surface area contributed by atoms with Crippen molar-refractivity contribution in [2.75, 3.05) is 11.9 Å². The summed E-state index contributed by atoms with van der Waals surface area (Å²) in [4.78, 5) is 23.0. The van der Waals surface area contributed by atoms with E-state index in [2.05, 4.69) is 26.3 Å². The Labute approximate surface area is 114 Å². The van der Waals surface area contributed by atoms with Gasteiger partial charge in [0.1, 0.15) is 4.47 Å². The average Bonchev–Trinajstić information content (AvgIpc) is 2.31. The SMILES string of the molecule is CCn1ncc(NCC(C)(C)C(N)=O)c(Br)c1=O. The van der Waals surface area contributed by atoms with Crippen molar-refractivity contribution in [3.63, 3.8) is 0 Å². The third-order valence-corrected chi connectivity index (χ3v) is 3.44. The molecule has 0 radical (unpaired) electrons. The number of halogens is 1. The average molecular weight is 317 g/mol. The summed E-state index contributed by atoms with van der Waals surface area (Å²) in [6.07, 6.45) is 1.55. The lowest BCUT2D eigenvalue weighted by Gasteiger charge is -2.21. The monoisotopic (exact) mass is 316 g/mol. The first kappa shape index (κ1) is 14.7. The van der Waals surface area contributed by atoms with Crippen molar-refractivity contribution >= 4 is 27.5 Å². The van der Waals surface area contributed by atoms with E-state index >= 15 is 0 Å². The normalized spacial score (nSPS) is 11.3. The molecule has 0 atom stereocenters. The fourth-order valence-corrected chi connectivity index (χ4v) is 1.66. The Morgan fingerprint density at radius 2 is 2.22 bits per heavy atom. The maximum absolute atomic E-state index is 11.8. The molecule has 1 heterocycles. The van der Waals surface area contributed by atoms with Crippen LogP contribution in [0.2, 0.25) is 0 Å². The molecule has 3 N–H and O–H groups in total. The largest absolute Gasteiger partial charge is 0.382 e. The molecule has 100 valence electrons. The van der Waals surface area contributed by atoms with Crippen LogP contribution in [0, 0.1) is 5.41 Å². The zero-order chi connectivity index (χ0) is 13.9. The number of carbonyl (C=O) groups excluding carboxylic acids is 1. The molecule has 18 heavy (non-hydrogen) atoms. The number of amides is 1. The van der Waals surface area contributed by atoms with Gasteiger partial charge in [0.15, 0.2) is 0 Å². The van der Waals surface area contributed by atoms with Crippen LogP contribution in [0.15, 0.2) is 15.5 Å². The molecule has 0 bridgehead atoms. The second kappa shape index (κ2) is 5.51. The molecule has 1 amide bonds. The zero-order valence-corrected chi connectivity index (χ0v) is 12.2. The molecule has 0 aliphatic carbocycles. The Balaban J connectivity index is 2.91. The van der Waals surface area contributed by atoms with Crippen molar-refractivity contribution in [3.05, 3.63) is 21.0 Å². The van der Waals surface area contributed by atoms with Crippen LogP contribution in [0.1, 0.15) is 20.8 Å². The highest BCUT2D eigenvalue weighted by atomic mass is 79.9. The summed E-state index contributed by atoms with van der Waals surface area (Å²) in [5.74, 6) is -0.402. The molecule has 1 rings (SSSR count). The Kier molecular flexibility index (Phi) is 4.50. The van der Waals surface area contributed by atoms with Gasteiger partial charge in [0.05, 0.1) is 17.3 Å². The number of aryl methyl sites for hydroxylation is 1. The lowest BCUT2D eigenvalue weighted by atomic mass is 9.93. The fraction of sp³-hybridized carbons (Fsp3) is 0.545. The van der Waals surface area contributed by atoms with Crippen molar-refractivity contribution in [2.45, 2.75) is 27.3 Å². The molecule has 0 saturated carbocycles. The summed E-state index contributed by atoms with van der Waals surface area (Å²) in [6.45, 7) is 6.14. The minimum absolute atomic E-state index is 0.209. The maximum Gasteiger partial charge on any atom is 0.283 e. The van der Waals surface area contributed by atoms with Crippen LogP contribution < -0.4 is 16.6 Å². The number of anilines is 1. The molecule has 0 aliphatic heterocycles. The van der Waals surface area contributed by atoms with Crippen LogP contribution in [0.4, 0.5) is 5.69 Å². The van der Waals surface area contributed by atoms with E-state index in [9.17, 15) is 9.59 Å². The number of carbonyl (C=O) groups is 1. The lowest BCUT2D eigenvalue weighted by molar-refractivity contribution is -0.125. The highest BCUT2D eigenvalue weighted by Crippen LogP contribution is 2.20. The third kappa shape index (κ3) is 3.10. The van der Waals surface area contributed by atoms with Gasteiger partial charge in [-0.05, 0) is 36.7 Å². The van der Waals surface area contributed by atoms with E-state index in [1.54, 1.807) is 20.0 Å². The van der Waals surface area contributed by atoms with E-state index in [0.29, 0.717) is 23.2 Å². The number of hydrogen-bond donors (Lipinski definition) is 2. The molecule has 0 saturated heterocycles. The van der Waals surface area contributed by atoms with Crippen molar-refractivity contribution in [3.8, 4) is 0 Å². The molecule has 6 nitrogen and oxygen atoms in total. The quantitative estimate of drug-likeness (QED) is 0.846. The Morgan fingerprint density at radius 1 is 1.61 bits per heavy atom. The highest BCUT2D eigenvalue weighted by Gasteiger charge is 2.25. The van der Waals surface area contributed by atoms with Gasteiger partial charge in [0.2, 0.25) is 5.91 Å². The second-order valence-corrected chi connectivity index (χ2v) is 5.39. The van der Waals surface area contributed by atoms with Crippen molar-refractivity contribution in [1.29, 1.82) is 0 Å². The fourth-order valence-electron chi connectivity index (χ4n) is 1.22. The van der Waals surface area contributed by atoms with E-state index in [1.165, 1.54) is 4.68 Å². The van der Waals surface area contributed by atoms with E-state index < -0.39 is 11.3 Å². The zero-order valence-electron chi connectivity index (χ0n) is 10.7. The van der Waals surface area contributed by atoms with Gasteiger partial charge in [0, 0.05) is 13.1 Å². The molecule has 0 aliphatic rings. The number of nitrogens with two attached hydrogens (primary N) is 1. The van der Waals surface area contributed by atoms with Gasteiger partial charge in [0.25, 0.3) is 5.56 Å². The molecule has 0 fully saturated rings. The molecule has 1 aromatic heterocycles. The standard InChI is InChI=1S/C11H17BrN4O2/c1-4-16-9(17)8(12)7(5-15-16)14-6-11(2,3)10(13)18/h5,14H,4,6H2,1-3H3,(H2,13,18). The first-order chi connectivity index (χ1) is 8.29. The molecular weight excluding hydrogens is 300 g/mol. The number of hydrogen-bond acceptors (Lipinski definition) is 4. The Morgan fingerprint density at radius 3 is 2.72 bits per heavy atom. The van der Waals surface area contributed by atoms with Crippen LogP contribution in [-0.4, -0.2) is 22.2 Å². The Hall–Kier alpha value is -1.37. The number of nitrogens with zero attached hydrogens (tertiary/aromatic N) is 2. The molecule has 7 heteroatoms.